The molecule has 0 unspecified atom stereocenters. The second-order valence-electron chi connectivity index (χ2n) is 6.14. The first-order valence-electron chi connectivity index (χ1n) is 8.96. The van der Waals surface area contributed by atoms with Crippen LogP contribution in [0.2, 0.25) is 0 Å². The highest BCUT2D eigenvalue weighted by Gasteiger charge is 2.12. The van der Waals surface area contributed by atoms with Crippen LogP contribution < -0.4 is 14.8 Å². The molecule has 28 heavy (non-hydrogen) atoms. The highest BCUT2D eigenvalue weighted by molar-refractivity contribution is 7.98. The normalized spacial score (nSPS) is 10.4. The quantitative estimate of drug-likeness (QED) is 0.552. The standard InChI is InChI=1S/C23H23NO3S/c1-26-20-13-12-18(14-21(20)27-2)15-24-23(25)19-10-6-7-11-22(19)28-16-17-8-4-3-5-9-17/h3-14H,15-16H2,1-2H3,(H,24,25). The molecule has 3 aromatic rings. The van der Waals surface area contributed by atoms with Gasteiger partial charge in [-0.15, -0.1) is 11.8 Å². The Balaban J connectivity index is 1.66. The van der Waals surface area contributed by atoms with Gasteiger partial charge in [-0.1, -0.05) is 48.5 Å². The van der Waals surface area contributed by atoms with Crippen LogP contribution in [0.1, 0.15) is 21.5 Å². The van der Waals surface area contributed by atoms with Gasteiger partial charge in [-0.25, -0.2) is 0 Å². The number of rotatable bonds is 8. The molecular formula is C23H23NO3S. The van der Waals surface area contributed by atoms with E-state index in [1.165, 1.54) is 5.56 Å². The predicted molar refractivity (Wildman–Crippen MR) is 113 cm³/mol. The van der Waals surface area contributed by atoms with Gasteiger partial charge in [-0.05, 0) is 35.4 Å². The maximum Gasteiger partial charge on any atom is 0.252 e. The van der Waals surface area contributed by atoms with Crippen LogP contribution in [0.3, 0.4) is 0 Å². The van der Waals surface area contributed by atoms with Gasteiger partial charge in [0.2, 0.25) is 0 Å². The lowest BCUT2D eigenvalue weighted by Gasteiger charge is -2.12. The summed E-state index contributed by atoms with van der Waals surface area (Å²) < 4.78 is 10.6. The average molecular weight is 394 g/mol. The Morgan fingerprint density at radius 1 is 0.857 bits per heavy atom. The average Bonchev–Trinajstić information content (AvgIpc) is 2.76. The molecule has 0 spiro atoms. The highest BCUT2D eigenvalue weighted by Crippen LogP contribution is 2.28. The molecule has 0 atom stereocenters. The van der Waals surface area contributed by atoms with Gasteiger partial charge in [0.25, 0.3) is 5.91 Å². The van der Waals surface area contributed by atoms with Crippen LogP contribution in [0.5, 0.6) is 11.5 Å². The van der Waals surface area contributed by atoms with E-state index < -0.39 is 0 Å². The number of ether oxygens (including phenoxy) is 2. The minimum absolute atomic E-state index is 0.0917. The third-order valence-corrected chi connectivity index (χ3v) is 5.41. The molecule has 0 saturated heterocycles. The molecule has 5 heteroatoms. The second kappa shape index (κ2) is 9.85. The number of hydrogen-bond acceptors (Lipinski definition) is 4. The summed E-state index contributed by atoms with van der Waals surface area (Å²) in [6.07, 6.45) is 0. The first-order chi connectivity index (χ1) is 13.7. The zero-order valence-corrected chi connectivity index (χ0v) is 16.8. The minimum Gasteiger partial charge on any atom is -0.493 e. The lowest BCUT2D eigenvalue weighted by atomic mass is 10.1. The van der Waals surface area contributed by atoms with Gasteiger partial charge in [0, 0.05) is 17.2 Å². The number of nitrogens with one attached hydrogen (secondary N) is 1. The van der Waals surface area contributed by atoms with E-state index in [9.17, 15) is 4.79 Å². The van der Waals surface area contributed by atoms with E-state index in [1.807, 2.05) is 60.7 Å². The van der Waals surface area contributed by atoms with Crippen molar-refractivity contribution in [2.75, 3.05) is 14.2 Å². The number of carbonyl (C=O) groups is 1. The number of thioether (sulfide) groups is 1. The summed E-state index contributed by atoms with van der Waals surface area (Å²) in [5.74, 6) is 2.04. The third kappa shape index (κ3) is 5.08. The van der Waals surface area contributed by atoms with Gasteiger partial charge in [-0.3, -0.25) is 4.79 Å². The Bertz CT molecular complexity index is 928. The van der Waals surface area contributed by atoms with Gasteiger partial charge in [0.05, 0.1) is 19.8 Å². The Morgan fingerprint density at radius 3 is 2.32 bits per heavy atom. The zero-order valence-electron chi connectivity index (χ0n) is 16.0. The predicted octanol–water partition coefficient (Wildman–Crippen LogP) is 4.93. The van der Waals surface area contributed by atoms with Gasteiger partial charge in [-0.2, -0.15) is 0 Å². The number of methoxy groups -OCH3 is 2. The van der Waals surface area contributed by atoms with Crippen LogP contribution in [0.25, 0.3) is 0 Å². The summed E-state index contributed by atoms with van der Waals surface area (Å²) in [6.45, 7) is 0.414. The van der Waals surface area contributed by atoms with Crippen LogP contribution in [0, 0.1) is 0 Å². The van der Waals surface area contributed by atoms with Crippen LogP contribution >= 0.6 is 11.8 Å². The minimum atomic E-state index is -0.0917. The zero-order chi connectivity index (χ0) is 19.8. The third-order valence-electron chi connectivity index (χ3n) is 4.27. The van der Waals surface area contributed by atoms with E-state index in [0.717, 1.165) is 16.2 Å². The van der Waals surface area contributed by atoms with Gasteiger partial charge < -0.3 is 14.8 Å². The lowest BCUT2D eigenvalue weighted by Crippen LogP contribution is -2.23. The summed E-state index contributed by atoms with van der Waals surface area (Å²) in [6, 6.07) is 23.5. The van der Waals surface area contributed by atoms with Crippen molar-refractivity contribution in [2.45, 2.75) is 17.2 Å². The van der Waals surface area contributed by atoms with E-state index >= 15 is 0 Å². The SMILES string of the molecule is COc1ccc(CNC(=O)c2ccccc2SCc2ccccc2)cc1OC. The van der Waals surface area contributed by atoms with Crippen molar-refractivity contribution in [3.05, 3.63) is 89.5 Å². The largest absolute Gasteiger partial charge is 0.493 e. The molecular weight excluding hydrogens is 370 g/mol. The number of hydrogen-bond donors (Lipinski definition) is 1. The smallest absolute Gasteiger partial charge is 0.252 e. The molecule has 4 nitrogen and oxygen atoms in total. The molecule has 1 amide bonds. The summed E-state index contributed by atoms with van der Waals surface area (Å²) >= 11 is 1.66. The van der Waals surface area contributed by atoms with Crippen molar-refractivity contribution in [3.63, 3.8) is 0 Å². The molecule has 0 aliphatic carbocycles. The van der Waals surface area contributed by atoms with Crippen LogP contribution in [-0.2, 0) is 12.3 Å². The highest BCUT2D eigenvalue weighted by atomic mass is 32.2. The molecule has 0 aliphatic heterocycles. The molecule has 0 radical (unpaired) electrons. The first kappa shape index (κ1) is 19.8. The van der Waals surface area contributed by atoms with E-state index in [1.54, 1.807) is 26.0 Å². The van der Waals surface area contributed by atoms with Crippen molar-refractivity contribution in [1.29, 1.82) is 0 Å². The summed E-state index contributed by atoms with van der Waals surface area (Å²) in [5.41, 5.74) is 2.86. The monoisotopic (exact) mass is 393 g/mol. The van der Waals surface area contributed by atoms with Crippen LogP contribution in [0.4, 0.5) is 0 Å². The molecule has 3 rings (SSSR count). The fourth-order valence-electron chi connectivity index (χ4n) is 2.78. The molecule has 0 aromatic heterocycles. The molecule has 1 N–H and O–H groups in total. The molecule has 144 valence electrons. The maximum atomic E-state index is 12.7. The van der Waals surface area contributed by atoms with E-state index in [4.69, 9.17) is 9.47 Å². The topological polar surface area (TPSA) is 47.6 Å². The van der Waals surface area contributed by atoms with E-state index in [2.05, 4.69) is 17.4 Å². The molecule has 3 aromatic carbocycles. The molecule has 0 fully saturated rings. The van der Waals surface area contributed by atoms with E-state index in [0.29, 0.717) is 23.6 Å². The molecule has 0 saturated carbocycles. The van der Waals surface area contributed by atoms with Crippen molar-refractivity contribution >= 4 is 17.7 Å². The van der Waals surface area contributed by atoms with Crippen molar-refractivity contribution in [1.82, 2.24) is 5.32 Å². The van der Waals surface area contributed by atoms with Gasteiger partial charge >= 0.3 is 0 Å². The maximum absolute atomic E-state index is 12.7. The molecule has 0 bridgehead atoms. The van der Waals surface area contributed by atoms with Crippen molar-refractivity contribution < 1.29 is 14.3 Å². The van der Waals surface area contributed by atoms with Crippen molar-refractivity contribution in [3.8, 4) is 11.5 Å². The van der Waals surface area contributed by atoms with E-state index in [-0.39, 0.29) is 5.91 Å². The number of benzene rings is 3. The fraction of sp³-hybridized carbons (Fsp3) is 0.174. The Kier molecular flexibility index (Phi) is 6.98. The second-order valence-corrected chi connectivity index (χ2v) is 7.16. The Labute approximate surface area is 169 Å². The summed E-state index contributed by atoms with van der Waals surface area (Å²) in [7, 11) is 3.20. The molecule has 0 heterocycles. The van der Waals surface area contributed by atoms with Crippen LogP contribution in [-0.4, -0.2) is 20.1 Å². The summed E-state index contributed by atoms with van der Waals surface area (Å²) in [5, 5.41) is 2.99. The lowest BCUT2D eigenvalue weighted by molar-refractivity contribution is 0.0948. The van der Waals surface area contributed by atoms with Gasteiger partial charge in [0.1, 0.15) is 0 Å². The number of carbonyl (C=O) groups excluding carboxylic acids is 1. The molecule has 0 aliphatic rings. The fourth-order valence-corrected chi connectivity index (χ4v) is 3.79. The van der Waals surface area contributed by atoms with Crippen molar-refractivity contribution in [2.24, 2.45) is 0 Å². The number of amides is 1. The Hall–Kier alpha value is -2.92. The van der Waals surface area contributed by atoms with Gasteiger partial charge in [0.15, 0.2) is 11.5 Å². The summed E-state index contributed by atoms with van der Waals surface area (Å²) in [4.78, 5) is 13.7. The Morgan fingerprint density at radius 2 is 1.57 bits per heavy atom. The first-order valence-corrected chi connectivity index (χ1v) is 9.94. The van der Waals surface area contributed by atoms with Crippen LogP contribution in [0.15, 0.2) is 77.7 Å².